The van der Waals surface area contributed by atoms with Crippen molar-refractivity contribution in [1.29, 1.82) is 0 Å². The standard InChI is InChI=1S/C11H15ClN4O/c1-13-11(17)8-4-2-3-5-16(8)10-6-9(12)14-7-15-10/h6-8H,2-5H2,1H3,(H,13,17). The van der Waals surface area contributed by atoms with Crippen LogP contribution in [0.4, 0.5) is 5.82 Å². The minimum atomic E-state index is -0.153. The van der Waals surface area contributed by atoms with E-state index in [2.05, 4.69) is 15.3 Å². The van der Waals surface area contributed by atoms with Gasteiger partial charge >= 0.3 is 0 Å². The molecule has 1 aliphatic heterocycles. The minimum absolute atomic E-state index is 0.0273. The first-order valence-corrected chi connectivity index (χ1v) is 6.06. The van der Waals surface area contributed by atoms with E-state index in [1.807, 2.05) is 4.90 Å². The molecule has 1 fully saturated rings. The van der Waals surface area contributed by atoms with Crippen LogP contribution in [-0.2, 0) is 4.79 Å². The topological polar surface area (TPSA) is 58.1 Å². The maximum Gasteiger partial charge on any atom is 0.242 e. The highest BCUT2D eigenvalue weighted by Gasteiger charge is 2.28. The lowest BCUT2D eigenvalue weighted by Gasteiger charge is -2.35. The molecule has 0 bridgehead atoms. The second-order valence-corrected chi connectivity index (χ2v) is 4.41. The highest BCUT2D eigenvalue weighted by atomic mass is 35.5. The van der Waals surface area contributed by atoms with Gasteiger partial charge in [0.2, 0.25) is 5.91 Å². The number of rotatable bonds is 2. The molecule has 92 valence electrons. The van der Waals surface area contributed by atoms with Crippen LogP contribution >= 0.6 is 11.6 Å². The van der Waals surface area contributed by atoms with Gasteiger partial charge < -0.3 is 10.2 Å². The zero-order valence-corrected chi connectivity index (χ0v) is 10.4. The Hall–Kier alpha value is -1.36. The van der Waals surface area contributed by atoms with E-state index in [1.165, 1.54) is 6.33 Å². The Morgan fingerprint density at radius 3 is 3.06 bits per heavy atom. The molecular weight excluding hydrogens is 240 g/mol. The predicted octanol–water partition coefficient (Wildman–Crippen LogP) is 1.23. The van der Waals surface area contributed by atoms with Gasteiger partial charge in [-0.15, -0.1) is 0 Å². The lowest BCUT2D eigenvalue weighted by Crippen LogP contribution is -2.49. The molecule has 17 heavy (non-hydrogen) atoms. The molecule has 2 heterocycles. The van der Waals surface area contributed by atoms with Gasteiger partial charge in [0.25, 0.3) is 0 Å². The number of aromatic nitrogens is 2. The van der Waals surface area contributed by atoms with Gasteiger partial charge in [0.1, 0.15) is 23.3 Å². The van der Waals surface area contributed by atoms with Gasteiger partial charge in [-0.05, 0) is 19.3 Å². The molecule has 0 aromatic carbocycles. The quantitative estimate of drug-likeness (QED) is 0.807. The molecule has 0 aliphatic carbocycles. The number of likely N-dealkylation sites (N-methyl/N-ethyl adjacent to an activating group) is 1. The Labute approximate surface area is 105 Å². The third-order valence-corrected chi connectivity index (χ3v) is 3.17. The number of hydrogen-bond donors (Lipinski definition) is 1. The normalized spacial score (nSPS) is 20.1. The predicted molar refractivity (Wildman–Crippen MR) is 66.1 cm³/mol. The molecule has 1 atom stereocenters. The first kappa shape index (κ1) is 12.1. The van der Waals surface area contributed by atoms with Crippen molar-refractivity contribution < 1.29 is 4.79 Å². The van der Waals surface area contributed by atoms with Crippen LogP contribution in [0.25, 0.3) is 0 Å². The summed E-state index contributed by atoms with van der Waals surface area (Å²) in [6, 6.07) is 1.54. The molecule has 1 N–H and O–H groups in total. The van der Waals surface area contributed by atoms with E-state index in [-0.39, 0.29) is 11.9 Å². The zero-order valence-electron chi connectivity index (χ0n) is 9.69. The van der Waals surface area contributed by atoms with E-state index < -0.39 is 0 Å². The number of carbonyl (C=O) groups excluding carboxylic acids is 1. The van der Waals surface area contributed by atoms with Crippen molar-refractivity contribution in [2.45, 2.75) is 25.3 Å². The van der Waals surface area contributed by atoms with E-state index in [0.717, 1.165) is 31.6 Å². The van der Waals surface area contributed by atoms with Crippen LogP contribution in [0, 0.1) is 0 Å². The van der Waals surface area contributed by atoms with Gasteiger partial charge in [-0.25, -0.2) is 9.97 Å². The van der Waals surface area contributed by atoms with Crippen molar-refractivity contribution in [3.63, 3.8) is 0 Å². The Morgan fingerprint density at radius 2 is 2.35 bits per heavy atom. The van der Waals surface area contributed by atoms with Crippen LogP contribution in [-0.4, -0.2) is 35.5 Å². The Bertz CT molecular complexity index is 412. The second kappa shape index (κ2) is 5.31. The fraction of sp³-hybridized carbons (Fsp3) is 0.545. The fourth-order valence-corrected chi connectivity index (χ4v) is 2.27. The number of amides is 1. The van der Waals surface area contributed by atoms with Crippen LogP contribution in [0.15, 0.2) is 12.4 Å². The molecule has 1 unspecified atom stereocenters. The summed E-state index contributed by atoms with van der Waals surface area (Å²) in [5.74, 6) is 0.748. The third-order valence-electron chi connectivity index (χ3n) is 2.97. The molecule has 2 rings (SSSR count). The van der Waals surface area contributed by atoms with Crippen molar-refractivity contribution in [1.82, 2.24) is 15.3 Å². The number of nitrogens with zero attached hydrogens (tertiary/aromatic N) is 3. The molecule has 1 amide bonds. The third kappa shape index (κ3) is 2.66. The van der Waals surface area contributed by atoms with Crippen molar-refractivity contribution in [2.75, 3.05) is 18.5 Å². The largest absolute Gasteiger partial charge is 0.357 e. The minimum Gasteiger partial charge on any atom is -0.357 e. The molecule has 1 aromatic heterocycles. The maximum atomic E-state index is 11.8. The zero-order chi connectivity index (χ0) is 12.3. The van der Waals surface area contributed by atoms with Gasteiger partial charge in [0.15, 0.2) is 0 Å². The summed E-state index contributed by atoms with van der Waals surface area (Å²) in [5.41, 5.74) is 0. The molecule has 1 saturated heterocycles. The van der Waals surface area contributed by atoms with Crippen molar-refractivity contribution >= 4 is 23.3 Å². The average molecular weight is 255 g/mol. The number of anilines is 1. The van der Waals surface area contributed by atoms with E-state index in [0.29, 0.717) is 5.15 Å². The monoisotopic (exact) mass is 254 g/mol. The molecule has 0 radical (unpaired) electrons. The van der Waals surface area contributed by atoms with Gasteiger partial charge in [0.05, 0.1) is 0 Å². The smallest absolute Gasteiger partial charge is 0.242 e. The van der Waals surface area contributed by atoms with E-state index >= 15 is 0 Å². The second-order valence-electron chi connectivity index (χ2n) is 4.02. The Balaban J connectivity index is 2.24. The molecule has 6 heteroatoms. The molecule has 1 aliphatic rings. The van der Waals surface area contributed by atoms with Gasteiger partial charge in [-0.2, -0.15) is 0 Å². The van der Waals surface area contributed by atoms with Gasteiger partial charge in [0, 0.05) is 19.7 Å². The van der Waals surface area contributed by atoms with Crippen molar-refractivity contribution in [3.8, 4) is 0 Å². The first-order valence-electron chi connectivity index (χ1n) is 5.68. The number of piperidine rings is 1. The summed E-state index contributed by atoms with van der Waals surface area (Å²) in [7, 11) is 1.65. The van der Waals surface area contributed by atoms with Crippen LogP contribution in [0.2, 0.25) is 5.15 Å². The number of nitrogens with one attached hydrogen (secondary N) is 1. The molecular formula is C11H15ClN4O. The Kier molecular flexibility index (Phi) is 3.78. The van der Waals surface area contributed by atoms with Crippen LogP contribution in [0.3, 0.4) is 0 Å². The average Bonchev–Trinajstić information content (AvgIpc) is 2.38. The van der Waals surface area contributed by atoms with Gasteiger partial charge in [-0.3, -0.25) is 4.79 Å². The van der Waals surface area contributed by atoms with Crippen LogP contribution < -0.4 is 10.2 Å². The van der Waals surface area contributed by atoms with Crippen LogP contribution in [0.1, 0.15) is 19.3 Å². The molecule has 1 aromatic rings. The highest BCUT2D eigenvalue weighted by molar-refractivity contribution is 6.29. The van der Waals surface area contributed by atoms with E-state index in [1.54, 1.807) is 13.1 Å². The SMILES string of the molecule is CNC(=O)C1CCCCN1c1cc(Cl)ncn1. The highest BCUT2D eigenvalue weighted by Crippen LogP contribution is 2.24. The van der Waals surface area contributed by atoms with E-state index in [4.69, 9.17) is 11.6 Å². The lowest BCUT2D eigenvalue weighted by atomic mass is 10.0. The summed E-state index contributed by atoms with van der Waals surface area (Å²) in [5, 5.41) is 3.09. The number of halogens is 1. The van der Waals surface area contributed by atoms with E-state index in [9.17, 15) is 4.79 Å². The molecule has 0 saturated carbocycles. The van der Waals surface area contributed by atoms with Crippen LogP contribution in [0.5, 0.6) is 0 Å². The Morgan fingerprint density at radius 1 is 1.53 bits per heavy atom. The molecule has 0 spiro atoms. The summed E-state index contributed by atoms with van der Waals surface area (Å²) < 4.78 is 0. The maximum absolute atomic E-state index is 11.8. The van der Waals surface area contributed by atoms with Crippen molar-refractivity contribution in [3.05, 3.63) is 17.5 Å². The fourth-order valence-electron chi connectivity index (χ4n) is 2.13. The number of hydrogen-bond acceptors (Lipinski definition) is 4. The summed E-state index contributed by atoms with van der Waals surface area (Å²) >= 11 is 5.85. The molecule has 5 nitrogen and oxygen atoms in total. The summed E-state index contributed by atoms with van der Waals surface area (Å²) in [6.45, 7) is 0.825. The lowest BCUT2D eigenvalue weighted by molar-refractivity contribution is -0.122. The summed E-state index contributed by atoms with van der Waals surface area (Å²) in [4.78, 5) is 21.8. The first-order chi connectivity index (χ1) is 8.22. The summed E-state index contributed by atoms with van der Waals surface area (Å²) in [6.07, 6.45) is 4.40. The van der Waals surface area contributed by atoms with Crippen molar-refractivity contribution in [2.24, 2.45) is 0 Å². The number of carbonyl (C=O) groups is 1. The van der Waals surface area contributed by atoms with Gasteiger partial charge in [-0.1, -0.05) is 11.6 Å².